The maximum atomic E-state index is 7.08. The van der Waals surface area contributed by atoms with E-state index in [2.05, 4.69) is 11.9 Å². The molecule has 0 spiro atoms. The van der Waals surface area contributed by atoms with Gasteiger partial charge in [0.15, 0.2) is 0 Å². The first-order chi connectivity index (χ1) is 1.41. The zero-order valence-corrected chi connectivity index (χ0v) is 2.91. The van der Waals surface area contributed by atoms with Crippen LogP contribution >= 0.6 is 0 Å². The van der Waals surface area contributed by atoms with Crippen LogP contribution in [0.1, 0.15) is 0 Å². The van der Waals surface area contributed by atoms with E-state index < -0.39 is 0 Å². The Morgan fingerprint density at radius 1 is 1.75 bits per heavy atom. The Bertz CT molecular complexity index is 15.5. The summed E-state index contributed by atoms with van der Waals surface area (Å²) in [5.41, 5.74) is 0. The molecule has 2 nitrogen and oxygen atoms in total. The minimum absolute atomic E-state index is 0. The van der Waals surface area contributed by atoms with Crippen LogP contribution in [0.3, 0.4) is 0 Å². The van der Waals surface area contributed by atoms with Crippen molar-refractivity contribution in [2.75, 3.05) is 0 Å². The predicted molar refractivity (Wildman–Crippen MR) is 11.3 cm³/mol. The molecule has 0 bridgehead atoms. The Labute approximate surface area is 34.4 Å². The van der Waals surface area contributed by atoms with Crippen LogP contribution in [0.25, 0.3) is 0 Å². The largest absolute Gasteiger partial charge is 0.411 e. The van der Waals surface area contributed by atoms with Crippen LogP contribution in [0.2, 0.25) is 0 Å². The van der Waals surface area contributed by atoms with Gasteiger partial charge in [0.1, 0.15) is 0 Å². The van der Waals surface area contributed by atoms with Gasteiger partial charge in [0.05, 0.1) is 0 Å². The molecule has 0 atom stereocenters. The van der Waals surface area contributed by atoms with Crippen molar-refractivity contribution in [1.82, 2.24) is 0 Å². The Hall–Kier alpha value is -0.0365. The average Bonchev–Trinajstić information content (AvgIpc) is 0.918. The molecule has 0 saturated heterocycles. The van der Waals surface area contributed by atoms with Crippen molar-refractivity contribution in [3.63, 3.8) is 0 Å². The van der Waals surface area contributed by atoms with Crippen molar-refractivity contribution < 1.29 is 21.7 Å². The molecule has 0 saturated carbocycles. The van der Waals surface area contributed by atoms with Crippen molar-refractivity contribution in [2.24, 2.45) is 5.16 Å². The second-order valence-electron chi connectivity index (χ2n) is 0.141. The molecule has 0 amide bonds. The van der Waals surface area contributed by atoms with Crippen molar-refractivity contribution in [3.8, 4) is 0 Å². The molecule has 0 aliphatic heterocycles. The van der Waals surface area contributed by atoms with Crippen molar-refractivity contribution >= 4 is 6.72 Å². The van der Waals surface area contributed by atoms with Crippen LogP contribution in [-0.2, 0) is 16.5 Å². The van der Waals surface area contributed by atoms with E-state index in [1.165, 1.54) is 0 Å². The summed E-state index contributed by atoms with van der Waals surface area (Å²) >= 11 is 0. The second kappa shape index (κ2) is 12.3. The molecule has 1 N–H and O–H groups in total. The normalized spacial score (nSPS) is 3.00. The fourth-order valence-electron chi connectivity index (χ4n) is 0. The van der Waals surface area contributed by atoms with E-state index in [4.69, 9.17) is 5.21 Å². The number of hydrogen-bond donors (Lipinski definition) is 1. The fraction of sp³-hybridized carbons (Fsp3) is 0. The molecule has 0 aliphatic rings. The Kier molecular flexibility index (Phi) is 27.8. The van der Waals surface area contributed by atoms with Gasteiger partial charge in [-0.1, -0.05) is 0 Å². The molecule has 4 heavy (non-hydrogen) atoms. The smallest absolute Gasteiger partial charge is 0.0298 e. The fourth-order valence-corrected chi connectivity index (χ4v) is 0. The summed E-state index contributed by atoms with van der Waals surface area (Å²) in [6.07, 6.45) is 0. The molecule has 0 unspecified atom stereocenters. The number of nitrogens with zero attached hydrogens (tertiary/aromatic N) is 1. The van der Waals surface area contributed by atoms with Crippen LogP contribution in [0.5, 0.6) is 0 Å². The number of rotatable bonds is 0. The number of hydrogen-bond acceptors (Lipinski definition) is 2. The summed E-state index contributed by atoms with van der Waals surface area (Å²) < 4.78 is 0. The molecule has 0 aromatic carbocycles. The molecule has 0 heterocycles. The molecule has 0 aromatic rings. The van der Waals surface area contributed by atoms with Gasteiger partial charge in [0.25, 0.3) is 0 Å². The average molecular weight is 104 g/mol. The molecule has 0 aromatic heterocycles. The molecular weight excluding hydrogens is 101 g/mol. The quantitative estimate of drug-likeness (QED) is 0.200. The van der Waals surface area contributed by atoms with Gasteiger partial charge >= 0.3 is 0 Å². The van der Waals surface area contributed by atoms with Crippen molar-refractivity contribution in [1.29, 1.82) is 0 Å². The van der Waals surface area contributed by atoms with Gasteiger partial charge in [0, 0.05) is 23.2 Å². The number of oxime groups is 1. The topological polar surface area (TPSA) is 32.6 Å². The van der Waals surface area contributed by atoms with E-state index in [9.17, 15) is 0 Å². The zero-order valence-electron chi connectivity index (χ0n) is 1.92. The minimum Gasteiger partial charge on any atom is -0.411 e. The monoisotopic (exact) mass is 103 g/mol. The van der Waals surface area contributed by atoms with Gasteiger partial charge in [-0.05, 0) is 0 Å². The first-order valence-corrected chi connectivity index (χ1v) is 0.516. The van der Waals surface area contributed by atoms with Crippen LogP contribution in [0, 0.1) is 0 Å². The van der Waals surface area contributed by atoms with Crippen LogP contribution in [-0.4, -0.2) is 11.9 Å². The van der Waals surface area contributed by atoms with Gasteiger partial charge in [0.2, 0.25) is 0 Å². The Morgan fingerprint density at radius 3 is 1.75 bits per heavy atom. The maximum Gasteiger partial charge on any atom is 0.0298 e. The third-order valence-corrected chi connectivity index (χ3v) is 0. The molecule has 3 heteroatoms. The molecular formula is CH3NNiO. The summed E-state index contributed by atoms with van der Waals surface area (Å²) in [5.74, 6) is 0. The molecule has 0 aliphatic carbocycles. The summed E-state index contributed by atoms with van der Waals surface area (Å²) in [7, 11) is 0. The first-order valence-electron chi connectivity index (χ1n) is 0.516. The second-order valence-corrected chi connectivity index (χ2v) is 0.141. The standard InChI is InChI=1S/CH3NO.Ni/c1-2-3;/h3H,1H2;. The third kappa shape index (κ3) is 1370. The summed E-state index contributed by atoms with van der Waals surface area (Å²) in [4.78, 5) is 0. The molecule has 0 rings (SSSR count). The van der Waals surface area contributed by atoms with E-state index >= 15 is 0 Å². The van der Waals surface area contributed by atoms with E-state index in [0.717, 1.165) is 0 Å². The summed E-state index contributed by atoms with van der Waals surface area (Å²) in [6.45, 7) is 2.67. The molecule has 28 valence electrons. The first kappa shape index (κ1) is 9.03. The van der Waals surface area contributed by atoms with Crippen molar-refractivity contribution in [2.45, 2.75) is 0 Å². The predicted octanol–water partition coefficient (Wildman–Crippen LogP) is 0.0737. The van der Waals surface area contributed by atoms with Crippen LogP contribution < -0.4 is 0 Å². The van der Waals surface area contributed by atoms with Gasteiger partial charge in [-0.3, -0.25) is 0 Å². The maximum absolute atomic E-state index is 7.08. The minimum atomic E-state index is 0. The van der Waals surface area contributed by atoms with Crippen LogP contribution in [0.15, 0.2) is 5.16 Å². The SMILES string of the molecule is C=NO.[Ni]. The third-order valence-electron chi connectivity index (χ3n) is 0. The van der Waals surface area contributed by atoms with E-state index in [0.29, 0.717) is 0 Å². The molecule has 0 fully saturated rings. The van der Waals surface area contributed by atoms with Crippen molar-refractivity contribution in [3.05, 3.63) is 0 Å². The van der Waals surface area contributed by atoms with Gasteiger partial charge in [-0.25, -0.2) is 0 Å². The molecule has 0 radical (unpaired) electrons. The van der Waals surface area contributed by atoms with Gasteiger partial charge in [-0.2, -0.15) is 0 Å². The summed E-state index contributed by atoms with van der Waals surface area (Å²) in [5, 5.41) is 9.33. The Balaban J connectivity index is 0. The summed E-state index contributed by atoms with van der Waals surface area (Å²) in [6, 6.07) is 0. The zero-order chi connectivity index (χ0) is 2.71. The van der Waals surface area contributed by atoms with E-state index in [1.54, 1.807) is 0 Å². The van der Waals surface area contributed by atoms with Crippen LogP contribution in [0.4, 0.5) is 0 Å². The van der Waals surface area contributed by atoms with E-state index in [-0.39, 0.29) is 16.5 Å². The Morgan fingerprint density at radius 2 is 1.75 bits per heavy atom. The van der Waals surface area contributed by atoms with Gasteiger partial charge in [-0.15, -0.1) is 5.16 Å². The van der Waals surface area contributed by atoms with E-state index in [1.807, 2.05) is 0 Å². The van der Waals surface area contributed by atoms with Gasteiger partial charge < -0.3 is 5.21 Å².